The van der Waals surface area contributed by atoms with E-state index in [-0.39, 0.29) is 0 Å². The van der Waals surface area contributed by atoms with Gasteiger partial charge in [0.05, 0.1) is 11.0 Å². The first-order valence-electron chi connectivity index (χ1n) is 5.84. The Morgan fingerprint density at radius 2 is 1.12 bits per heavy atom. The highest BCUT2D eigenvalue weighted by molar-refractivity contribution is 5.81. The molecular formula is C14H18N2. The summed E-state index contributed by atoms with van der Waals surface area (Å²) < 4.78 is 0. The molecule has 16 heavy (non-hydrogen) atoms. The lowest BCUT2D eigenvalue weighted by Gasteiger charge is -2.12. The molecule has 2 nitrogen and oxygen atoms in total. The van der Waals surface area contributed by atoms with Gasteiger partial charge in [-0.3, -0.25) is 9.97 Å². The predicted octanol–water partition coefficient (Wildman–Crippen LogP) is 3.88. The van der Waals surface area contributed by atoms with Gasteiger partial charge in [-0.15, -0.1) is 0 Å². The molecule has 2 aromatic rings. The smallest absolute Gasteiger partial charge is 0.0924 e. The van der Waals surface area contributed by atoms with Crippen LogP contribution in [0.3, 0.4) is 0 Å². The third kappa shape index (κ3) is 1.80. The van der Waals surface area contributed by atoms with Crippen molar-refractivity contribution in [2.24, 2.45) is 0 Å². The summed E-state index contributed by atoms with van der Waals surface area (Å²) in [6, 6.07) is 4.15. The van der Waals surface area contributed by atoms with Gasteiger partial charge in [0.2, 0.25) is 0 Å². The van der Waals surface area contributed by atoms with Crippen LogP contribution in [0.25, 0.3) is 11.0 Å². The standard InChI is InChI=1S/C14H18N2/c1-9(2)11-5-7-16-14-12(10(3)4)6-8-15-13(11)14/h5-10H,1-4H3. The van der Waals surface area contributed by atoms with Crippen molar-refractivity contribution in [3.05, 3.63) is 35.7 Å². The quantitative estimate of drug-likeness (QED) is 0.758. The Labute approximate surface area is 96.7 Å². The number of aromatic nitrogens is 2. The third-order valence-electron chi connectivity index (χ3n) is 2.93. The van der Waals surface area contributed by atoms with Crippen LogP contribution in [0.1, 0.15) is 50.7 Å². The zero-order chi connectivity index (χ0) is 11.7. The molecular weight excluding hydrogens is 196 g/mol. The Morgan fingerprint density at radius 1 is 0.750 bits per heavy atom. The van der Waals surface area contributed by atoms with Crippen molar-refractivity contribution in [3.8, 4) is 0 Å². The fourth-order valence-corrected chi connectivity index (χ4v) is 2.02. The fraction of sp³-hybridized carbons (Fsp3) is 0.429. The molecule has 2 rings (SSSR count). The first kappa shape index (κ1) is 11.1. The molecule has 0 radical (unpaired) electrons. The molecule has 0 unspecified atom stereocenters. The summed E-state index contributed by atoms with van der Waals surface area (Å²) in [5.41, 5.74) is 4.69. The summed E-state index contributed by atoms with van der Waals surface area (Å²) in [4.78, 5) is 8.97. The Hall–Kier alpha value is -1.44. The predicted molar refractivity (Wildman–Crippen MR) is 67.7 cm³/mol. The van der Waals surface area contributed by atoms with E-state index in [0.29, 0.717) is 11.8 Å². The van der Waals surface area contributed by atoms with Gasteiger partial charge in [-0.1, -0.05) is 27.7 Å². The lowest BCUT2D eigenvalue weighted by molar-refractivity contribution is 0.857. The largest absolute Gasteiger partial charge is 0.254 e. The SMILES string of the molecule is CC(C)c1ccnc2c(C(C)C)ccnc12. The van der Waals surface area contributed by atoms with Crippen LogP contribution in [0.5, 0.6) is 0 Å². The molecule has 0 amide bonds. The molecule has 0 aliphatic rings. The van der Waals surface area contributed by atoms with E-state index in [1.54, 1.807) is 0 Å². The van der Waals surface area contributed by atoms with Crippen LogP contribution >= 0.6 is 0 Å². The van der Waals surface area contributed by atoms with Gasteiger partial charge >= 0.3 is 0 Å². The molecule has 2 heterocycles. The Kier molecular flexibility index (Phi) is 2.90. The van der Waals surface area contributed by atoms with Gasteiger partial charge in [0.1, 0.15) is 0 Å². The highest BCUT2D eigenvalue weighted by Crippen LogP contribution is 2.27. The summed E-state index contributed by atoms with van der Waals surface area (Å²) in [6.45, 7) is 8.77. The van der Waals surface area contributed by atoms with Gasteiger partial charge in [0.25, 0.3) is 0 Å². The zero-order valence-corrected chi connectivity index (χ0v) is 10.4. The van der Waals surface area contributed by atoms with Crippen LogP contribution in [-0.2, 0) is 0 Å². The van der Waals surface area contributed by atoms with Crippen LogP contribution in [0, 0.1) is 0 Å². The second-order valence-corrected chi connectivity index (χ2v) is 4.81. The number of nitrogens with zero attached hydrogens (tertiary/aromatic N) is 2. The van der Waals surface area contributed by atoms with E-state index in [2.05, 4.69) is 49.8 Å². The maximum atomic E-state index is 4.48. The van der Waals surface area contributed by atoms with Crippen LogP contribution < -0.4 is 0 Å². The van der Waals surface area contributed by atoms with Crippen LogP contribution in [0.2, 0.25) is 0 Å². The maximum Gasteiger partial charge on any atom is 0.0924 e. The first-order valence-corrected chi connectivity index (χ1v) is 5.84. The van der Waals surface area contributed by atoms with E-state index in [4.69, 9.17) is 0 Å². The van der Waals surface area contributed by atoms with E-state index >= 15 is 0 Å². The molecule has 0 aliphatic carbocycles. The molecule has 0 aliphatic heterocycles. The average molecular weight is 214 g/mol. The minimum Gasteiger partial charge on any atom is -0.254 e. The highest BCUT2D eigenvalue weighted by atomic mass is 14.7. The molecule has 0 saturated heterocycles. The third-order valence-corrected chi connectivity index (χ3v) is 2.93. The van der Waals surface area contributed by atoms with Gasteiger partial charge in [0.15, 0.2) is 0 Å². The second-order valence-electron chi connectivity index (χ2n) is 4.81. The van der Waals surface area contributed by atoms with Gasteiger partial charge < -0.3 is 0 Å². The van der Waals surface area contributed by atoms with E-state index in [9.17, 15) is 0 Å². The molecule has 0 spiro atoms. The lowest BCUT2D eigenvalue weighted by Crippen LogP contribution is -1.98. The fourth-order valence-electron chi connectivity index (χ4n) is 2.02. The molecule has 0 aromatic carbocycles. The summed E-state index contributed by atoms with van der Waals surface area (Å²) in [5.74, 6) is 0.973. The van der Waals surface area contributed by atoms with E-state index in [1.807, 2.05) is 12.4 Å². The maximum absolute atomic E-state index is 4.48. The van der Waals surface area contributed by atoms with Gasteiger partial charge in [-0.2, -0.15) is 0 Å². The monoisotopic (exact) mass is 214 g/mol. The number of hydrogen-bond donors (Lipinski definition) is 0. The van der Waals surface area contributed by atoms with Gasteiger partial charge in [-0.25, -0.2) is 0 Å². The van der Waals surface area contributed by atoms with Crippen molar-refractivity contribution in [1.82, 2.24) is 9.97 Å². The molecule has 84 valence electrons. The molecule has 0 fully saturated rings. The minimum atomic E-state index is 0.486. The van der Waals surface area contributed by atoms with Crippen molar-refractivity contribution in [2.45, 2.75) is 39.5 Å². The van der Waals surface area contributed by atoms with Gasteiger partial charge in [-0.05, 0) is 35.1 Å². The number of hydrogen-bond acceptors (Lipinski definition) is 2. The lowest BCUT2D eigenvalue weighted by atomic mass is 9.97. The van der Waals surface area contributed by atoms with Crippen LogP contribution in [0.4, 0.5) is 0 Å². The van der Waals surface area contributed by atoms with Crippen LogP contribution in [0.15, 0.2) is 24.5 Å². The van der Waals surface area contributed by atoms with Crippen molar-refractivity contribution in [1.29, 1.82) is 0 Å². The topological polar surface area (TPSA) is 25.8 Å². The summed E-state index contributed by atoms with van der Waals surface area (Å²) >= 11 is 0. The van der Waals surface area contributed by atoms with Gasteiger partial charge in [0, 0.05) is 12.4 Å². The number of rotatable bonds is 2. The zero-order valence-electron chi connectivity index (χ0n) is 10.4. The molecule has 2 heteroatoms. The van der Waals surface area contributed by atoms with Crippen molar-refractivity contribution in [3.63, 3.8) is 0 Å². The van der Waals surface area contributed by atoms with E-state index in [0.717, 1.165) is 11.0 Å². The molecule has 0 bridgehead atoms. The highest BCUT2D eigenvalue weighted by Gasteiger charge is 2.11. The minimum absolute atomic E-state index is 0.486. The first-order chi connectivity index (χ1) is 7.61. The van der Waals surface area contributed by atoms with Crippen molar-refractivity contribution in [2.75, 3.05) is 0 Å². The Morgan fingerprint density at radius 3 is 1.44 bits per heavy atom. The summed E-state index contributed by atoms with van der Waals surface area (Å²) in [7, 11) is 0. The Bertz CT molecular complexity index is 454. The molecule has 0 saturated carbocycles. The second kappa shape index (κ2) is 4.20. The molecule has 0 atom stereocenters. The Balaban J connectivity index is 2.76. The molecule has 0 N–H and O–H groups in total. The van der Waals surface area contributed by atoms with Crippen LogP contribution in [-0.4, -0.2) is 9.97 Å². The number of pyridine rings is 2. The number of fused-ring (bicyclic) bond motifs is 1. The van der Waals surface area contributed by atoms with Crippen molar-refractivity contribution < 1.29 is 0 Å². The normalized spacial score (nSPS) is 11.6. The average Bonchev–Trinajstić information content (AvgIpc) is 2.27. The summed E-state index contributed by atoms with van der Waals surface area (Å²) in [5, 5.41) is 0. The molecule has 2 aromatic heterocycles. The van der Waals surface area contributed by atoms with E-state index in [1.165, 1.54) is 11.1 Å². The van der Waals surface area contributed by atoms with E-state index < -0.39 is 0 Å². The summed E-state index contributed by atoms with van der Waals surface area (Å²) in [6.07, 6.45) is 3.79. The van der Waals surface area contributed by atoms with Crippen molar-refractivity contribution >= 4 is 11.0 Å².